The molecule has 25 heavy (non-hydrogen) atoms. The van der Waals surface area contributed by atoms with Crippen LogP contribution in [0.2, 0.25) is 0 Å². The van der Waals surface area contributed by atoms with Gasteiger partial charge < -0.3 is 15.4 Å². The van der Waals surface area contributed by atoms with E-state index in [4.69, 9.17) is 4.74 Å². The van der Waals surface area contributed by atoms with Crippen LogP contribution in [0.4, 0.5) is 20.6 Å². The first-order valence-electron chi connectivity index (χ1n) is 8.33. The van der Waals surface area contributed by atoms with Gasteiger partial charge in [0.2, 0.25) is 0 Å². The topological polar surface area (TPSA) is 53.6 Å². The number of urea groups is 1. The standard InChI is InChI=1S/C19H22FN3O2/c1-14-2-5-17(12-18(14)20)22-19(24)21-16-6-3-15(4-7-16)13-23-8-10-25-11-9-23/h2-7,12H,8-11,13H2,1H3,(H2,21,22,24). The molecule has 5 nitrogen and oxygen atoms in total. The number of amides is 2. The molecule has 1 aliphatic rings. The number of aryl methyl sites for hydroxylation is 1. The molecule has 132 valence electrons. The molecule has 1 heterocycles. The van der Waals surface area contributed by atoms with E-state index in [2.05, 4.69) is 15.5 Å². The number of carbonyl (C=O) groups excluding carboxylic acids is 1. The highest BCUT2D eigenvalue weighted by Gasteiger charge is 2.11. The van der Waals surface area contributed by atoms with Crippen LogP contribution in [-0.4, -0.2) is 37.2 Å². The number of ether oxygens (including phenoxy) is 1. The summed E-state index contributed by atoms with van der Waals surface area (Å²) in [5.74, 6) is -0.342. The Bertz CT molecular complexity index is 728. The zero-order valence-electron chi connectivity index (χ0n) is 14.2. The van der Waals surface area contributed by atoms with Gasteiger partial charge in [-0.15, -0.1) is 0 Å². The van der Waals surface area contributed by atoms with Crippen LogP contribution in [0.5, 0.6) is 0 Å². The van der Waals surface area contributed by atoms with Crippen LogP contribution in [0.1, 0.15) is 11.1 Å². The van der Waals surface area contributed by atoms with E-state index < -0.39 is 6.03 Å². The second-order valence-electron chi connectivity index (χ2n) is 6.13. The third-order valence-corrected chi connectivity index (χ3v) is 4.15. The van der Waals surface area contributed by atoms with E-state index in [0.29, 0.717) is 16.9 Å². The minimum absolute atomic E-state index is 0.342. The summed E-state index contributed by atoms with van der Waals surface area (Å²) in [4.78, 5) is 14.4. The van der Waals surface area contributed by atoms with Gasteiger partial charge in [-0.25, -0.2) is 9.18 Å². The van der Waals surface area contributed by atoms with Crippen molar-refractivity contribution in [3.8, 4) is 0 Å². The van der Waals surface area contributed by atoms with Crippen LogP contribution in [0, 0.1) is 12.7 Å². The third-order valence-electron chi connectivity index (χ3n) is 4.15. The van der Waals surface area contributed by atoms with E-state index >= 15 is 0 Å². The van der Waals surface area contributed by atoms with Crippen LogP contribution in [-0.2, 0) is 11.3 Å². The Morgan fingerprint density at radius 1 is 1.08 bits per heavy atom. The summed E-state index contributed by atoms with van der Waals surface area (Å²) in [6.07, 6.45) is 0. The molecule has 0 unspecified atom stereocenters. The number of morpholine rings is 1. The van der Waals surface area contributed by atoms with Crippen molar-refractivity contribution in [1.82, 2.24) is 4.90 Å². The lowest BCUT2D eigenvalue weighted by Crippen LogP contribution is -2.35. The Balaban J connectivity index is 1.53. The first-order chi connectivity index (χ1) is 12.1. The minimum atomic E-state index is -0.399. The van der Waals surface area contributed by atoms with Crippen molar-refractivity contribution in [3.05, 3.63) is 59.4 Å². The SMILES string of the molecule is Cc1ccc(NC(=O)Nc2ccc(CN3CCOCC3)cc2)cc1F. The summed E-state index contributed by atoms with van der Waals surface area (Å²) in [5.41, 5.74) is 2.84. The highest BCUT2D eigenvalue weighted by molar-refractivity contribution is 5.99. The number of rotatable bonds is 4. The van der Waals surface area contributed by atoms with Crippen LogP contribution in [0.3, 0.4) is 0 Å². The molecule has 0 bridgehead atoms. The van der Waals surface area contributed by atoms with Crippen molar-refractivity contribution in [2.24, 2.45) is 0 Å². The van der Waals surface area contributed by atoms with Gasteiger partial charge in [-0.05, 0) is 42.3 Å². The second-order valence-corrected chi connectivity index (χ2v) is 6.13. The number of benzene rings is 2. The van der Waals surface area contributed by atoms with Crippen molar-refractivity contribution in [3.63, 3.8) is 0 Å². The van der Waals surface area contributed by atoms with Crippen LogP contribution >= 0.6 is 0 Å². The number of halogens is 1. The van der Waals surface area contributed by atoms with Gasteiger partial charge in [0.1, 0.15) is 5.82 Å². The van der Waals surface area contributed by atoms with E-state index in [1.807, 2.05) is 24.3 Å². The van der Waals surface area contributed by atoms with Crippen LogP contribution in [0.15, 0.2) is 42.5 Å². The third kappa shape index (κ3) is 5.01. The summed E-state index contributed by atoms with van der Waals surface area (Å²) in [7, 11) is 0. The molecule has 2 N–H and O–H groups in total. The Kier molecular flexibility index (Phi) is 5.63. The molecule has 0 aliphatic carbocycles. The summed E-state index contributed by atoms with van der Waals surface area (Å²) in [6, 6.07) is 11.9. The molecule has 0 spiro atoms. The molecule has 0 aromatic heterocycles. The maximum absolute atomic E-state index is 13.5. The van der Waals surface area contributed by atoms with Gasteiger partial charge >= 0.3 is 6.03 Å². The predicted octanol–water partition coefficient (Wildman–Crippen LogP) is 3.61. The fraction of sp³-hybridized carbons (Fsp3) is 0.316. The summed E-state index contributed by atoms with van der Waals surface area (Å²) in [5, 5.41) is 5.38. The predicted molar refractivity (Wildman–Crippen MR) is 96.3 cm³/mol. The summed E-state index contributed by atoms with van der Waals surface area (Å²) < 4.78 is 18.9. The molecule has 2 aromatic carbocycles. The van der Waals surface area contributed by atoms with Gasteiger partial charge in [0.15, 0.2) is 0 Å². The molecule has 0 radical (unpaired) electrons. The van der Waals surface area contributed by atoms with E-state index in [0.717, 1.165) is 32.8 Å². The van der Waals surface area contributed by atoms with Crippen LogP contribution in [0.25, 0.3) is 0 Å². The fourth-order valence-corrected chi connectivity index (χ4v) is 2.68. The van der Waals surface area contributed by atoms with Crippen molar-refractivity contribution in [2.45, 2.75) is 13.5 Å². The van der Waals surface area contributed by atoms with Gasteiger partial charge in [0.25, 0.3) is 0 Å². The van der Waals surface area contributed by atoms with Gasteiger partial charge in [-0.3, -0.25) is 4.90 Å². The largest absolute Gasteiger partial charge is 0.379 e. The fourth-order valence-electron chi connectivity index (χ4n) is 2.68. The zero-order chi connectivity index (χ0) is 17.6. The van der Waals surface area contributed by atoms with E-state index in [-0.39, 0.29) is 5.82 Å². The number of nitrogens with zero attached hydrogens (tertiary/aromatic N) is 1. The van der Waals surface area contributed by atoms with E-state index in [9.17, 15) is 9.18 Å². The number of hydrogen-bond donors (Lipinski definition) is 2. The van der Waals surface area contributed by atoms with Crippen molar-refractivity contribution < 1.29 is 13.9 Å². The van der Waals surface area contributed by atoms with Crippen molar-refractivity contribution in [1.29, 1.82) is 0 Å². The molecule has 1 fully saturated rings. The number of carbonyl (C=O) groups is 1. The first-order valence-corrected chi connectivity index (χ1v) is 8.33. The smallest absolute Gasteiger partial charge is 0.323 e. The number of hydrogen-bond acceptors (Lipinski definition) is 3. The molecule has 0 atom stereocenters. The van der Waals surface area contributed by atoms with E-state index in [1.165, 1.54) is 11.6 Å². The number of anilines is 2. The Morgan fingerprint density at radius 2 is 1.72 bits per heavy atom. The Hall–Kier alpha value is -2.44. The molecule has 0 saturated carbocycles. The molecule has 1 aliphatic heterocycles. The zero-order valence-corrected chi connectivity index (χ0v) is 14.2. The van der Waals surface area contributed by atoms with Gasteiger partial charge in [0, 0.05) is 31.0 Å². The summed E-state index contributed by atoms with van der Waals surface area (Å²) >= 11 is 0. The number of nitrogens with one attached hydrogen (secondary N) is 2. The van der Waals surface area contributed by atoms with Gasteiger partial charge in [-0.1, -0.05) is 18.2 Å². The molecule has 1 saturated heterocycles. The molecular weight excluding hydrogens is 321 g/mol. The maximum atomic E-state index is 13.5. The molecule has 2 aromatic rings. The first kappa shape index (κ1) is 17.4. The van der Waals surface area contributed by atoms with Crippen LogP contribution < -0.4 is 10.6 Å². The average molecular weight is 343 g/mol. The van der Waals surface area contributed by atoms with Crippen molar-refractivity contribution in [2.75, 3.05) is 36.9 Å². The lowest BCUT2D eigenvalue weighted by atomic mass is 10.2. The van der Waals surface area contributed by atoms with Gasteiger partial charge in [0.05, 0.1) is 13.2 Å². The monoisotopic (exact) mass is 343 g/mol. The molecule has 6 heteroatoms. The van der Waals surface area contributed by atoms with Crippen molar-refractivity contribution >= 4 is 17.4 Å². The molecular formula is C19H22FN3O2. The van der Waals surface area contributed by atoms with E-state index in [1.54, 1.807) is 19.1 Å². The maximum Gasteiger partial charge on any atom is 0.323 e. The average Bonchev–Trinajstić information content (AvgIpc) is 2.61. The Morgan fingerprint density at radius 3 is 2.40 bits per heavy atom. The Labute approximate surface area is 146 Å². The lowest BCUT2D eigenvalue weighted by molar-refractivity contribution is 0.0342. The summed E-state index contributed by atoms with van der Waals surface area (Å²) in [6.45, 7) is 5.99. The molecule has 2 amide bonds. The minimum Gasteiger partial charge on any atom is -0.379 e. The normalized spacial score (nSPS) is 15.0. The lowest BCUT2D eigenvalue weighted by Gasteiger charge is -2.26. The second kappa shape index (κ2) is 8.09. The molecule has 3 rings (SSSR count). The van der Waals surface area contributed by atoms with Gasteiger partial charge in [-0.2, -0.15) is 0 Å². The highest BCUT2D eigenvalue weighted by Crippen LogP contribution is 2.15. The highest BCUT2D eigenvalue weighted by atomic mass is 19.1. The quantitative estimate of drug-likeness (QED) is 0.892.